The first-order chi connectivity index (χ1) is 6.16. The Morgan fingerprint density at radius 1 is 1.31 bits per heavy atom. The molecule has 0 radical (unpaired) electrons. The minimum Gasteiger partial charge on any atom is -0.330 e. The van der Waals surface area contributed by atoms with Gasteiger partial charge in [0.05, 0.1) is 0 Å². The minimum absolute atomic E-state index is 0.654. The summed E-state index contributed by atoms with van der Waals surface area (Å²) in [6.07, 6.45) is 2.42. The highest BCUT2D eigenvalue weighted by atomic mass is 15.0. The number of hydrogen-bond donors (Lipinski definition) is 2. The van der Waals surface area contributed by atoms with Gasteiger partial charge in [0, 0.05) is 0 Å². The topological polar surface area (TPSA) is 41.3 Å². The van der Waals surface area contributed by atoms with E-state index in [-0.39, 0.29) is 0 Å². The van der Waals surface area contributed by atoms with E-state index in [4.69, 9.17) is 5.73 Å². The Morgan fingerprint density at radius 3 is 2.54 bits per heavy atom. The third-order valence-corrected chi connectivity index (χ3v) is 2.18. The second kappa shape index (κ2) is 8.48. The van der Waals surface area contributed by atoms with Gasteiger partial charge in [-0.25, -0.2) is 0 Å². The van der Waals surface area contributed by atoms with E-state index in [1.165, 1.54) is 19.4 Å². The van der Waals surface area contributed by atoms with Crippen molar-refractivity contribution in [3.05, 3.63) is 0 Å². The second-order valence-electron chi connectivity index (χ2n) is 4.04. The molecule has 0 rings (SSSR count). The summed E-state index contributed by atoms with van der Waals surface area (Å²) in [6, 6.07) is 0. The smallest absolute Gasteiger partial charge is 0.00127 e. The summed E-state index contributed by atoms with van der Waals surface area (Å²) in [5.41, 5.74) is 5.52. The molecule has 0 fully saturated rings. The van der Waals surface area contributed by atoms with Gasteiger partial charge in [0.15, 0.2) is 0 Å². The maximum absolute atomic E-state index is 5.52. The highest BCUT2D eigenvalue weighted by Crippen LogP contribution is 1.95. The Morgan fingerprint density at radius 2 is 2.00 bits per heavy atom. The SMILES string of the molecule is CC(CN)CCNCCCN(C)C. The number of rotatable bonds is 8. The zero-order valence-corrected chi connectivity index (χ0v) is 9.34. The van der Waals surface area contributed by atoms with Crippen LogP contribution in [0.3, 0.4) is 0 Å². The summed E-state index contributed by atoms with van der Waals surface area (Å²) in [5.74, 6) is 0.654. The molecule has 1 atom stereocenters. The van der Waals surface area contributed by atoms with Gasteiger partial charge in [-0.05, 0) is 59.0 Å². The molecule has 0 aliphatic rings. The van der Waals surface area contributed by atoms with Crippen LogP contribution in [0, 0.1) is 5.92 Å². The van der Waals surface area contributed by atoms with Crippen LogP contribution in [0.25, 0.3) is 0 Å². The average Bonchev–Trinajstić information content (AvgIpc) is 2.10. The van der Waals surface area contributed by atoms with E-state index < -0.39 is 0 Å². The van der Waals surface area contributed by atoms with E-state index in [2.05, 4.69) is 31.2 Å². The molecule has 1 unspecified atom stereocenters. The van der Waals surface area contributed by atoms with Crippen molar-refractivity contribution in [2.24, 2.45) is 11.7 Å². The van der Waals surface area contributed by atoms with Crippen LogP contribution in [0.5, 0.6) is 0 Å². The van der Waals surface area contributed by atoms with Crippen molar-refractivity contribution in [3.8, 4) is 0 Å². The maximum Gasteiger partial charge on any atom is -0.00127 e. The number of nitrogens with zero attached hydrogens (tertiary/aromatic N) is 1. The molecule has 0 saturated heterocycles. The molecule has 0 aromatic rings. The molecule has 0 saturated carbocycles. The summed E-state index contributed by atoms with van der Waals surface area (Å²) in [7, 11) is 4.22. The predicted octanol–water partition coefficient (Wildman–Crippen LogP) is 0.513. The summed E-state index contributed by atoms with van der Waals surface area (Å²) >= 11 is 0. The van der Waals surface area contributed by atoms with Gasteiger partial charge >= 0.3 is 0 Å². The molecule has 0 heterocycles. The number of nitrogens with one attached hydrogen (secondary N) is 1. The van der Waals surface area contributed by atoms with Crippen LogP contribution in [-0.4, -0.2) is 45.2 Å². The molecule has 13 heavy (non-hydrogen) atoms. The maximum atomic E-state index is 5.52. The van der Waals surface area contributed by atoms with E-state index in [1.54, 1.807) is 0 Å². The van der Waals surface area contributed by atoms with Crippen molar-refractivity contribution in [1.82, 2.24) is 10.2 Å². The summed E-state index contributed by atoms with van der Waals surface area (Å²) < 4.78 is 0. The Kier molecular flexibility index (Phi) is 8.40. The molecule has 80 valence electrons. The lowest BCUT2D eigenvalue weighted by Crippen LogP contribution is -2.24. The first-order valence-electron chi connectivity index (χ1n) is 5.22. The van der Waals surface area contributed by atoms with Crippen LogP contribution >= 0.6 is 0 Å². The van der Waals surface area contributed by atoms with Gasteiger partial charge < -0.3 is 16.0 Å². The van der Waals surface area contributed by atoms with E-state index in [9.17, 15) is 0 Å². The lowest BCUT2D eigenvalue weighted by Gasteiger charge is -2.11. The predicted molar refractivity (Wildman–Crippen MR) is 58.9 cm³/mol. The molecular weight excluding hydrogens is 162 g/mol. The summed E-state index contributed by atoms with van der Waals surface area (Å²) in [6.45, 7) is 6.39. The molecule has 3 N–H and O–H groups in total. The van der Waals surface area contributed by atoms with Crippen LogP contribution in [0.4, 0.5) is 0 Å². The average molecular weight is 187 g/mol. The fourth-order valence-corrected chi connectivity index (χ4v) is 1.11. The van der Waals surface area contributed by atoms with E-state index in [0.29, 0.717) is 5.92 Å². The molecular formula is C10H25N3. The molecule has 0 aliphatic carbocycles. The molecule has 0 aliphatic heterocycles. The fraction of sp³-hybridized carbons (Fsp3) is 1.00. The molecule has 0 aromatic carbocycles. The van der Waals surface area contributed by atoms with Crippen LogP contribution in [0.2, 0.25) is 0 Å². The van der Waals surface area contributed by atoms with Crippen molar-refractivity contribution in [2.45, 2.75) is 19.8 Å². The lowest BCUT2D eigenvalue weighted by atomic mass is 10.1. The van der Waals surface area contributed by atoms with Crippen molar-refractivity contribution in [2.75, 3.05) is 40.3 Å². The third kappa shape index (κ3) is 9.80. The Bertz CT molecular complexity index is 104. The van der Waals surface area contributed by atoms with Crippen molar-refractivity contribution >= 4 is 0 Å². The van der Waals surface area contributed by atoms with Crippen LogP contribution < -0.4 is 11.1 Å². The van der Waals surface area contributed by atoms with Crippen LogP contribution in [0.15, 0.2) is 0 Å². The Hall–Kier alpha value is -0.120. The Balaban J connectivity index is 2.99. The summed E-state index contributed by atoms with van der Waals surface area (Å²) in [5, 5.41) is 3.42. The van der Waals surface area contributed by atoms with Crippen molar-refractivity contribution in [1.29, 1.82) is 0 Å². The number of hydrogen-bond acceptors (Lipinski definition) is 3. The lowest BCUT2D eigenvalue weighted by molar-refractivity contribution is 0.391. The molecule has 3 heteroatoms. The zero-order valence-electron chi connectivity index (χ0n) is 9.34. The zero-order chi connectivity index (χ0) is 10.1. The molecule has 0 amide bonds. The molecule has 0 spiro atoms. The van der Waals surface area contributed by atoms with E-state index in [1.807, 2.05) is 0 Å². The van der Waals surface area contributed by atoms with Gasteiger partial charge in [0.25, 0.3) is 0 Å². The largest absolute Gasteiger partial charge is 0.330 e. The molecule has 0 aromatic heterocycles. The molecule has 3 nitrogen and oxygen atoms in total. The monoisotopic (exact) mass is 187 g/mol. The van der Waals surface area contributed by atoms with Gasteiger partial charge in [0.2, 0.25) is 0 Å². The van der Waals surface area contributed by atoms with Gasteiger partial charge in [-0.2, -0.15) is 0 Å². The second-order valence-corrected chi connectivity index (χ2v) is 4.04. The fourth-order valence-electron chi connectivity index (χ4n) is 1.11. The summed E-state index contributed by atoms with van der Waals surface area (Å²) in [4.78, 5) is 2.21. The Labute approximate surface area is 82.7 Å². The van der Waals surface area contributed by atoms with E-state index >= 15 is 0 Å². The van der Waals surface area contributed by atoms with Crippen LogP contribution in [0.1, 0.15) is 19.8 Å². The normalized spacial score (nSPS) is 13.6. The number of nitrogens with two attached hydrogens (primary N) is 1. The highest BCUT2D eigenvalue weighted by Gasteiger charge is 1.97. The van der Waals surface area contributed by atoms with Crippen molar-refractivity contribution in [3.63, 3.8) is 0 Å². The molecule has 0 bridgehead atoms. The van der Waals surface area contributed by atoms with Gasteiger partial charge in [-0.15, -0.1) is 0 Å². The van der Waals surface area contributed by atoms with Crippen LogP contribution in [-0.2, 0) is 0 Å². The van der Waals surface area contributed by atoms with Gasteiger partial charge in [-0.3, -0.25) is 0 Å². The van der Waals surface area contributed by atoms with Gasteiger partial charge in [-0.1, -0.05) is 6.92 Å². The standard InChI is InChI=1S/C10H25N3/c1-10(9-11)5-7-12-6-4-8-13(2)3/h10,12H,4-9,11H2,1-3H3. The first-order valence-corrected chi connectivity index (χ1v) is 5.22. The van der Waals surface area contributed by atoms with Crippen molar-refractivity contribution < 1.29 is 0 Å². The highest BCUT2D eigenvalue weighted by molar-refractivity contribution is 4.56. The van der Waals surface area contributed by atoms with Gasteiger partial charge in [0.1, 0.15) is 0 Å². The third-order valence-electron chi connectivity index (χ3n) is 2.18. The first kappa shape index (κ1) is 12.9. The quantitative estimate of drug-likeness (QED) is 0.544. The minimum atomic E-state index is 0.654. The van der Waals surface area contributed by atoms with E-state index in [0.717, 1.165) is 19.6 Å².